The number of hydrogen-bond donors (Lipinski definition) is 5. The number of imide groups is 1. The number of aliphatic hydroxyl groups excluding tert-OH is 2. The van der Waals surface area contributed by atoms with Crippen LogP contribution in [0.3, 0.4) is 0 Å². The molecule has 7 atom stereocenters. The molecule has 0 bridgehead atoms. The van der Waals surface area contributed by atoms with Gasteiger partial charge >= 0.3 is 13.9 Å². The van der Waals surface area contributed by atoms with Gasteiger partial charge in [-0.15, -0.1) is 0 Å². The molecular weight excluding hydrogens is 481 g/mol. The van der Waals surface area contributed by atoms with Crippen molar-refractivity contribution in [2.75, 3.05) is 13.2 Å². The molecule has 0 aromatic carbocycles. The van der Waals surface area contributed by atoms with Crippen LogP contribution in [0.4, 0.5) is 4.79 Å². The summed E-state index contributed by atoms with van der Waals surface area (Å²) in [6, 6.07) is -0.935. The van der Waals surface area contributed by atoms with E-state index >= 15 is 0 Å². The molecule has 2 heterocycles. The van der Waals surface area contributed by atoms with Gasteiger partial charge in [0.2, 0.25) is 5.91 Å². The lowest BCUT2D eigenvalue weighted by molar-refractivity contribution is -0.241. The molecule has 2 aliphatic rings. The van der Waals surface area contributed by atoms with Gasteiger partial charge in [0, 0.05) is 6.54 Å². The van der Waals surface area contributed by atoms with Crippen molar-refractivity contribution in [1.29, 1.82) is 0 Å². The molecule has 2 rings (SSSR count). The van der Waals surface area contributed by atoms with Crippen molar-refractivity contribution < 1.29 is 71.0 Å². The fraction of sp³-hybridized carbons (Fsp3) is 0.800. The molecule has 2 saturated heterocycles. The third-order valence-electron chi connectivity index (χ3n) is 3.86. The van der Waals surface area contributed by atoms with Gasteiger partial charge in [-0.25, -0.2) is 18.0 Å². The second-order valence-corrected chi connectivity index (χ2v) is 10.6. The summed E-state index contributed by atoms with van der Waals surface area (Å²) in [5.41, 5.74) is 0. The maximum atomic E-state index is 11.9. The van der Waals surface area contributed by atoms with E-state index in [1.165, 1.54) is 6.92 Å². The van der Waals surface area contributed by atoms with Crippen molar-refractivity contribution >= 4 is 35.4 Å². The average molecular weight is 498 g/mol. The Morgan fingerprint density at radius 1 is 1.13 bits per heavy atom. The first-order valence-corrected chi connectivity index (χ1v) is 12.3. The van der Waals surface area contributed by atoms with E-state index in [0.29, 0.717) is 0 Å². The SMILES string of the molecule is CC1CN(C2OC(COP(=O)([O-])OP(=O)([O-])OP(=O)(O)O)C(O)C2O)C(=O)NC1=O. The first kappa shape index (κ1) is 25.5. The van der Waals surface area contributed by atoms with Crippen LogP contribution in [-0.2, 0) is 36.4 Å². The number of nitrogens with one attached hydrogen (secondary N) is 1. The molecular formula is C10H17N2O15P3-2. The number of aliphatic hydroxyl groups is 2. The van der Waals surface area contributed by atoms with Crippen molar-refractivity contribution in [1.82, 2.24) is 10.2 Å². The topological polar surface area (TPSA) is 265 Å². The van der Waals surface area contributed by atoms with E-state index in [0.717, 1.165) is 4.90 Å². The predicted octanol–water partition coefficient (Wildman–Crippen LogP) is -3.30. The van der Waals surface area contributed by atoms with Crippen molar-refractivity contribution in [3.8, 4) is 0 Å². The average Bonchev–Trinajstić information content (AvgIpc) is 2.81. The molecule has 20 heteroatoms. The summed E-state index contributed by atoms with van der Waals surface area (Å²) in [6.45, 7) is 0.170. The Morgan fingerprint density at radius 3 is 2.30 bits per heavy atom. The summed E-state index contributed by atoms with van der Waals surface area (Å²) in [5.74, 6) is -1.25. The van der Waals surface area contributed by atoms with Crippen molar-refractivity contribution in [2.24, 2.45) is 5.92 Å². The number of phosphoric acid groups is 3. The molecule has 17 nitrogen and oxygen atoms in total. The Kier molecular flexibility index (Phi) is 7.65. The van der Waals surface area contributed by atoms with Crippen LogP contribution >= 0.6 is 23.5 Å². The minimum atomic E-state index is -6.04. The summed E-state index contributed by atoms with van der Waals surface area (Å²) in [5, 5.41) is 22.1. The molecule has 0 aliphatic carbocycles. The first-order valence-electron chi connectivity index (χ1n) is 7.89. The van der Waals surface area contributed by atoms with E-state index in [1.54, 1.807) is 0 Å². The fourth-order valence-electron chi connectivity index (χ4n) is 2.56. The molecule has 2 aliphatic heterocycles. The van der Waals surface area contributed by atoms with Crippen molar-refractivity contribution in [2.45, 2.75) is 31.5 Å². The van der Waals surface area contributed by atoms with Gasteiger partial charge in [-0.05, 0) is 0 Å². The van der Waals surface area contributed by atoms with Crippen LogP contribution in [0.2, 0.25) is 0 Å². The highest BCUT2D eigenvalue weighted by atomic mass is 31.3. The van der Waals surface area contributed by atoms with Gasteiger partial charge < -0.3 is 39.0 Å². The smallest absolute Gasteiger partial charge is 0.476 e. The number of carbonyl (C=O) groups excluding carboxylic acids is 2. The van der Waals surface area contributed by atoms with E-state index in [1.807, 2.05) is 5.32 Å². The van der Waals surface area contributed by atoms with Crippen LogP contribution in [0.1, 0.15) is 6.92 Å². The molecule has 5 N–H and O–H groups in total. The third-order valence-corrected chi connectivity index (χ3v) is 7.57. The maximum absolute atomic E-state index is 11.9. The number of urea groups is 1. The second kappa shape index (κ2) is 9.00. The van der Waals surface area contributed by atoms with Crippen LogP contribution in [-0.4, -0.2) is 74.5 Å². The van der Waals surface area contributed by atoms with E-state index < -0.39 is 72.5 Å². The number of carbonyl (C=O) groups is 2. The van der Waals surface area contributed by atoms with Crippen LogP contribution in [0, 0.1) is 5.92 Å². The predicted molar refractivity (Wildman–Crippen MR) is 85.5 cm³/mol. The molecule has 0 aromatic rings. The Labute approximate surface area is 168 Å². The molecule has 2 fully saturated rings. The van der Waals surface area contributed by atoms with Crippen molar-refractivity contribution in [3.63, 3.8) is 0 Å². The number of ether oxygens (including phenoxy) is 1. The van der Waals surface area contributed by atoms with E-state index in [-0.39, 0.29) is 6.54 Å². The summed E-state index contributed by atoms with van der Waals surface area (Å²) in [6.07, 6.45) is -6.66. The number of phosphoric ester groups is 1. The fourth-order valence-corrected chi connectivity index (χ4v) is 5.49. The highest BCUT2D eigenvalue weighted by Gasteiger charge is 2.49. The van der Waals surface area contributed by atoms with Crippen LogP contribution in [0.5, 0.6) is 0 Å². The minimum Gasteiger partial charge on any atom is -0.756 e. The zero-order valence-electron chi connectivity index (χ0n) is 14.9. The van der Waals surface area contributed by atoms with Crippen LogP contribution in [0.15, 0.2) is 0 Å². The normalized spacial score (nSPS) is 34.4. The second-order valence-electron chi connectivity index (χ2n) is 6.24. The lowest BCUT2D eigenvalue weighted by Crippen LogP contribution is -2.59. The highest BCUT2D eigenvalue weighted by Crippen LogP contribution is 2.62. The third kappa shape index (κ3) is 6.61. The van der Waals surface area contributed by atoms with Crippen molar-refractivity contribution in [3.05, 3.63) is 0 Å². The first-order chi connectivity index (χ1) is 13.5. The highest BCUT2D eigenvalue weighted by molar-refractivity contribution is 7.65. The molecule has 30 heavy (non-hydrogen) atoms. The summed E-state index contributed by atoms with van der Waals surface area (Å²) in [4.78, 5) is 63.8. The molecule has 3 amide bonds. The monoisotopic (exact) mass is 498 g/mol. The Hall–Kier alpha value is -0.770. The lowest BCUT2D eigenvalue weighted by Gasteiger charge is -2.35. The zero-order chi connectivity index (χ0) is 23.1. The summed E-state index contributed by atoms with van der Waals surface area (Å²) < 4.78 is 49.2. The summed E-state index contributed by atoms with van der Waals surface area (Å²) in [7, 11) is -17.5. The molecule has 0 radical (unpaired) electrons. The molecule has 174 valence electrons. The van der Waals surface area contributed by atoms with E-state index in [4.69, 9.17) is 14.5 Å². The molecule has 0 spiro atoms. The van der Waals surface area contributed by atoms with Gasteiger partial charge in [0.25, 0.3) is 15.6 Å². The van der Waals surface area contributed by atoms with E-state index in [9.17, 15) is 43.3 Å². The molecule has 0 aromatic heterocycles. The maximum Gasteiger partial charge on any atom is 0.476 e. The van der Waals surface area contributed by atoms with Gasteiger partial charge in [0.15, 0.2) is 6.23 Å². The Balaban J connectivity index is 2.00. The standard InChI is InChI=1S/C10H19N2O15P3/c1-4-2-12(10(16)11-8(4)15)9-7(14)6(13)5(25-9)3-24-29(20,21)27-30(22,23)26-28(17,18)19/h4-7,9,13-14H,2-3H2,1H3,(H,20,21)(H,22,23)(H,11,15,16)(H2,17,18,19)/p-2. The number of hydrogen-bond acceptors (Lipinski definition) is 13. The number of amides is 3. The zero-order valence-corrected chi connectivity index (χ0v) is 17.6. The quantitative estimate of drug-likeness (QED) is 0.205. The van der Waals surface area contributed by atoms with Crippen LogP contribution < -0.4 is 15.1 Å². The number of rotatable bonds is 8. The minimum absolute atomic E-state index is 0.186. The van der Waals surface area contributed by atoms with Gasteiger partial charge in [0.1, 0.15) is 18.3 Å². The van der Waals surface area contributed by atoms with Gasteiger partial charge in [-0.2, -0.15) is 0 Å². The molecule has 0 saturated carbocycles. The Morgan fingerprint density at radius 2 is 1.73 bits per heavy atom. The largest absolute Gasteiger partial charge is 0.756 e. The summed E-state index contributed by atoms with van der Waals surface area (Å²) >= 11 is 0. The van der Waals surface area contributed by atoms with Gasteiger partial charge in [-0.3, -0.25) is 24.1 Å². The lowest BCUT2D eigenvalue weighted by atomic mass is 10.1. The van der Waals surface area contributed by atoms with Gasteiger partial charge in [-0.1, -0.05) is 6.92 Å². The Bertz CT molecular complexity index is 829. The number of nitrogens with zero attached hydrogens (tertiary/aromatic N) is 1. The van der Waals surface area contributed by atoms with Gasteiger partial charge in [0.05, 0.1) is 12.5 Å². The van der Waals surface area contributed by atoms with E-state index in [2.05, 4.69) is 13.1 Å². The molecule has 7 unspecified atom stereocenters. The van der Waals surface area contributed by atoms with Crippen LogP contribution in [0.25, 0.3) is 0 Å².